The molecule has 0 saturated carbocycles. The SMILES string of the molecule is Cc1ccc(Cl)cc1S(=O)(=O)N(c1ccccc1)[C@@H]1CCS(=O)(=O)C1. The molecule has 0 aliphatic carbocycles. The zero-order chi connectivity index (χ0) is 18.2. The lowest BCUT2D eigenvalue weighted by Gasteiger charge is -2.30. The highest BCUT2D eigenvalue weighted by atomic mass is 35.5. The summed E-state index contributed by atoms with van der Waals surface area (Å²) in [6.07, 6.45) is 0.274. The van der Waals surface area contributed by atoms with Crippen molar-refractivity contribution >= 4 is 37.1 Å². The molecule has 25 heavy (non-hydrogen) atoms. The van der Waals surface area contributed by atoms with Crippen LogP contribution in [0.5, 0.6) is 0 Å². The molecule has 1 saturated heterocycles. The number of anilines is 1. The Labute approximate surface area is 153 Å². The lowest BCUT2D eigenvalue weighted by molar-refractivity contribution is 0.579. The Morgan fingerprint density at radius 3 is 2.40 bits per heavy atom. The van der Waals surface area contributed by atoms with E-state index in [1.165, 1.54) is 10.4 Å². The van der Waals surface area contributed by atoms with Crippen molar-refractivity contribution in [1.82, 2.24) is 0 Å². The number of sulfone groups is 1. The molecule has 0 unspecified atom stereocenters. The highest BCUT2D eigenvalue weighted by molar-refractivity contribution is 7.93. The Kier molecular flexibility index (Phi) is 4.83. The summed E-state index contributed by atoms with van der Waals surface area (Å²) in [5.41, 5.74) is 1.01. The Morgan fingerprint density at radius 1 is 1.12 bits per heavy atom. The van der Waals surface area contributed by atoms with E-state index in [1.807, 2.05) is 0 Å². The van der Waals surface area contributed by atoms with Crippen LogP contribution in [0, 0.1) is 6.92 Å². The summed E-state index contributed by atoms with van der Waals surface area (Å²) in [7, 11) is -7.20. The Balaban J connectivity index is 2.16. The fourth-order valence-electron chi connectivity index (χ4n) is 3.04. The zero-order valence-corrected chi connectivity index (χ0v) is 16.0. The number of sulfonamides is 1. The van der Waals surface area contributed by atoms with Gasteiger partial charge in [0, 0.05) is 5.02 Å². The maximum Gasteiger partial charge on any atom is 0.264 e. The molecule has 1 fully saturated rings. The monoisotopic (exact) mass is 399 g/mol. The number of benzene rings is 2. The first-order valence-corrected chi connectivity index (χ1v) is 11.4. The lowest BCUT2D eigenvalue weighted by Crippen LogP contribution is -2.41. The Bertz CT molecular complexity index is 989. The molecule has 5 nitrogen and oxygen atoms in total. The highest BCUT2D eigenvalue weighted by Crippen LogP contribution is 2.32. The molecule has 0 spiro atoms. The third kappa shape index (κ3) is 3.68. The van der Waals surface area contributed by atoms with Crippen molar-refractivity contribution in [2.45, 2.75) is 24.3 Å². The van der Waals surface area contributed by atoms with E-state index in [1.54, 1.807) is 49.4 Å². The van der Waals surface area contributed by atoms with Gasteiger partial charge in [-0.3, -0.25) is 4.31 Å². The lowest BCUT2D eigenvalue weighted by atomic mass is 10.2. The second kappa shape index (κ2) is 6.63. The molecular formula is C17H18ClNO4S2. The fourth-order valence-corrected chi connectivity index (χ4v) is 7.00. The number of nitrogens with zero attached hydrogens (tertiary/aromatic N) is 1. The average molecular weight is 400 g/mol. The first kappa shape index (κ1) is 18.2. The van der Waals surface area contributed by atoms with Gasteiger partial charge in [-0.2, -0.15) is 0 Å². The summed E-state index contributed by atoms with van der Waals surface area (Å²) in [5, 5.41) is 0.316. The molecule has 1 atom stereocenters. The van der Waals surface area contributed by atoms with Crippen molar-refractivity contribution in [2.24, 2.45) is 0 Å². The smallest absolute Gasteiger partial charge is 0.262 e. The van der Waals surface area contributed by atoms with Gasteiger partial charge in [-0.25, -0.2) is 16.8 Å². The van der Waals surface area contributed by atoms with Gasteiger partial charge in [-0.1, -0.05) is 35.9 Å². The van der Waals surface area contributed by atoms with Crippen LogP contribution in [-0.2, 0) is 19.9 Å². The van der Waals surface area contributed by atoms with Gasteiger partial charge in [0.15, 0.2) is 9.84 Å². The summed E-state index contributed by atoms with van der Waals surface area (Å²) >= 11 is 6.00. The standard InChI is InChI=1S/C17H18ClNO4S2/c1-13-7-8-14(18)11-17(13)25(22,23)19(15-5-3-2-4-6-15)16-9-10-24(20,21)12-16/h2-8,11,16H,9-10,12H2,1H3/t16-/m1/s1. The van der Waals surface area contributed by atoms with Gasteiger partial charge < -0.3 is 0 Å². The van der Waals surface area contributed by atoms with Crippen molar-refractivity contribution in [3.8, 4) is 0 Å². The Hall–Kier alpha value is -1.57. The molecule has 1 aliphatic rings. The van der Waals surface area contributed by atoms with Gasteiger partial charge in [-0.05, 0) is 43.2 Å². The van der Waals surface area contributed by atoms with Crippen LogP contribution in [0.2, 0.25) is 5.02 Å². The predicted molar refractivity (Wildman–Crippen MR) is 99.4 cm³/mol. The zero-order valence-electron chi connectivity index (χ0n) is 13.6. The van der Waals surface area contributed by atoms with Gasteiger partial charge in [0.05, 0.1) is 28.1 Å². The van der Waals surface area contributed by atoms with Gasteiger partial charge in [0.2, 0.25) is 0 Å². The Morgan fingerprint density at radius 2 is 1.80 bits per heavy atom. The van der Waals surface area contributed by atoms with Gasteiger partial charge in [0.25, 0.3) is 10.0 Å². The van der Waals surface area contributed by atoms with Crippen LogP contribution in [0.25, 0.3) is 0 Å². The maximum atomic E-state index is 13.4. The summed E-state index contributed by atoms with van der Waals surface area (Å²) in [5.74, 6) is -0.189. The van der Waals surface area contributed by atoms with E-state index in [0.29, 0.717) is 16.3 Å². The van der Waals surface area contributed by atoms with E-state index in [-0.39, 0.29) is 22.8 Å². The van der Waals surface area contributed by atoms with Crippen LogP contribution >= 0.6 is 11.6 Å². The molecular weight excluding hydrogens is 382 g/mol. The molecule has 2 aromatic rings. The van der Waals surface area contributed by atoms with Crippen molar-refractivity contribution < 1.29 is 16.8 Å². The van der Waals surface area contributed by atoms with Gasteiger partial charge in [0.1, 0.15) is 0 Å². The molecule has 0 N–H and O–H groups in total. The molecule has 0 bridgehead atoms. The fraction of sp³-hybridized carbons (Fsp3) is 0.294. The minimum Gasteiger partial charge on any atom is -0.262 e. The molecule has 3 rings (SSSR count). The van der Waals surface area contributed by atoms with E-state index in [4.69, 9.17) is 11.6 Å². The molecule has 134 valence electrons. The van der Waals surface area contributed by atoms with Gasteiger partial charge in [-0.15, -0.1) is 0 Å². The normalized spacial score (nSPS) is 19.7. The van der Waals surface area contributed by atoms with Crippen molar-refractivity contribution in [1.29, 1.82) is 0 Å². The topological polar surface area (TPSA) is 71.5 Å². The van der Waals surface area contributed by atoms with E-state index in [9.17, 15) is 16.8 Å². The van der Waals surface area contributed by atoms with Crippen molar-refractivity contribution in [2.75, 3.05) is 15.8 Å². The summed E-state index contributed by atoms with van der Waals surface area (Å²) in [6, 6.07) is 12.6. The second-order valence-electron chi connectivity index (χ2n) is 6.10. The minimum absolute atomic E-state index is 0.00888. The number of rotatable bonds is 4. The summed E-state index contributed by atoms with van der Waals surface area (Å²) < 4.78 is 51.8. The predicted octanol–water partition coefficient (Wildman–Crippen LogP) is 3.03. The van der Waals surface area contributed by atoms with E-state index in [2.05, 4.69) is 0 Å². The van der Waals surface area contributed by atoms with Gasteiger partial charge >= 0.3 is 0 Å². The number of halogens is 1. The van der Waals surface area contributed by atoms with Crippen LogP contribution in [0.15, 0.2) is 53.4 Å². The first-order valence-electron chi connectivity index (χ1n) is 7.77. The largest absolute Gasteiger partial charge is 0.264 e. The van der Waals surface area contributed by atoms with Crippen molar-refractivity contribution in [3.05, 3.63) is 59.1 Å². The number of hydrogen-bond donors (Lipinski definition) is 0. The molecule has 1 heterocycles. The van der Waals surface area contributed by atoms with Crippen LogP contribution in [0.3, 0.4) is 0 Å². The number of para-hydroxylation sites is 1. The van der Waals surface area contributed by atoms with E-state index < -0.39 is 25.9 Å². The number of hydrogen-bond acceptors (Lipinski definition) is 4. The summed E-state index contributed by atoms with van der Waals surface area (Å²) in [6.45, 7) is 1.69. The highest BCUT2D eigenvalue weighted by Gasteiger charge is 2.39. The third-order valence-corrected chi connectivity index (χ3v) is 8.25. The first-order chi connectivity index (χ1) is 11.7. The molecule has 1 aliphatic heterocycles. The minimum atomic E-state index is -3.96. The molecule has 0 radical (unpaired) electrons. The molecule has 0 amide bonds. The van der Waals surface area contributed by atoms with E-state index >= 15 is 0 Å². The average Bonchev–Trinajstić information content (AvgIpc) is 2.90. The van der Waals surface area contributed by atoms with Crippen LogP contribution < -0.4 is 4.31 Å². The summed E-state index contributed by atoms with van der Waals surface area (Å²) in [4.78, 5) is 0.0909. The van der Waals surface area contributed by atoms with Crippen LogP contribution in [0.1, 0.15) is 12.0 Å². The quantitative estimate of drug-likeness (QED) is 0.792. The molecule has 0 aromatic heterocycles. The number of aryl methyl sites for hydroxylation is 1. The van der Waals surface area contributed by atoms with Crippen LogP contribution in [-0.4, -0.2) is 34.4 Å². The van der Waals surface area contributed by atoms with E-state index in [0.717, 1.165) is 0 Å². The third-order valence-electron chi connectivity index (χ3n) is 4.24. The van der Waals surface area contributed by atoms with Crippen LogP contribution in [0.4, 0.5) is 5.69 Å². The molecule has 8 heteroatoms. The maximum absolute atomic E-state index is 13.4. The molecule has 2 aromatic carbocycles. The second-order valence-corrected chi connectivity index (χ2v) is 10.6. The van der Waals surface area contributed by atoms with Crippen molar-refractivity contribution in [3.63, 3.8) is 0 Å².